The van der Waals surface area contributed by atoms with Gasteiger partial charge in [-0.3, -0.25) is 4.79 Å². The van der Waals surface area contributed by atoms with Gasteiger partial charge >= 0.3 is 0 Å². The van der Waals surface area contributed by atoms with E-state index in [1.807, 2.05) is 41.8 Å². The van der Waals surface area contributed by atoms with E-state index in [0.717, 1.165) is 16.5 Å². The number of para-hydroxylation sites is 1. The predicted octanol–water partition coefficient (Wildman–Crippen LogP) is 4.91. The second kappa shape index (κ2) is 5.44. The summed E-state index contributed by atoms with van der Waals surface area (Å²) in [5.41, 5.74) is 1.32. The molecule has 23 heavy (non-hydrogen) atoms. The van der Waals surface area contributed by atoms with Gasteiger partial charge in [-0.25, -0.2) is 0 Å². The number of anilines is 1. The first kappa shape index (κ1) is 13.8. The largest absolute Gasteiger partial charge is 0.493 e. The zero-order chi connectivity index (χ0) is 15.8. The highest BCUT2D eigenvalue weighted by atomic mass is 32.1. The molecular formula is C18H13NO3S. The monoisotopic (exact) mass is 323 g/mol. The number of furan rings is 1. The van der Waals surface area contributed by atoms with Gasteiger partial charge in [0, 0.05) is 15.8 Å². The normalized spacial score (nSPS) is 11.0. The number of fused-ring (bicyclic) bond motifs is 2. The molecule has 5 heteroatoms. The lowest BCUT2D eigenvalue weighted by atomic mass is 10.2. The van der Waals surface area contributed by atoms with Crippen molar-refractivity contribution in [2.75, 3.05) is 12.4 Å². The molecular weight excluding hydrogens is 310 g/mol. The standard InChI is InChI=1S/C18H13NO3S/c1-21-14-4-2-3-12-10-15(22-17(12)14)18(20)19-13-5-6-16-11(9-13)7-8-23-16/h2-10H,1H3,(H,19,20). The van der Waals surface area contributed by atoms with Gasteiger partial charge in [0.2, 0.25) is 0 Å². The molecule has 0 aliphatic carbocycles. The number of carbonyl (C=O) groups is 1. The van der Waals surface area contributed by atoms with Crippen LogP contribution in [-0.4, -0.2) is 13.0 Å². The van der Waals surface area contributed by atoms with E-state index in [9.17, 15) is 4.79 Å². The maximum absolute atomic E-state index is 12.4. The number of nitrogens with one attached hydrogen (secondary N) is 1. The Bertz CT molecular complexity index is 1020. The molecule has 0 saturated carbocycles. The molecule has 2 aromatic carbocycles. The van der Waals surface area contributed by atoms with Gasteiger partial charge in [-0.1, -0.05) is 12.1 Å². The Labute approximate surface area is 136 Å². The lowest BCUT2D eigenvalue weighted by Gasteiger charge is -2.03. The summed E-state index contributed by atoms with van der Waals surface area (Å²) in [5, 5.41) is 6.85. The molecule has 0 spiro atoms. The quantitative estimate of drug-likeness (QED) is 0.583. The molecule has 0 aliphatic heterocycles. The summed E-state index contributed by atoms with van der Waals surface area (Å²) >= 11 is 1.67. The number of ether oxygens (including phenoxy) is 1. The fourth-order valence-electron chi connectivity index (χ4n) is 2.55. The Morgan fingerprint density at radius 1 is 1.13 bits per heavy atom. The van der Waals surface area contributed by atoms with E-state index in [1.165, 1.54) is 4.70 Å². The van der Waals surface area contributed by atoms with E-state index in [4.69, 9.17) is 9.15 Å². The molecule has 0 unspecified atom stereocenters. The van der Waals surface area contributed by atoms with E-state index in [1.54, 1.807) is 30.6 Å². The van der Waals surface area contributed by atoms with E-state index < -0.39 is 0 Å². The summed E-state index contributed by atoms with van der Waals surface area (Å²) in [5.74, 6) is 0.592. The van der Waals surface area contributed by atoms with Gasteiger partial charge in [-0.15, -0.1) is 11.3 Å². The van der Waals surface area contributed by atoms with Crippen LogP contribution in [-0.2, 0) is 0 Å². The highest BCUT2D eigenvalue weighted by Gasteiger charge is 2.15. The zero-order valence-corrected chi connectivity index (χ0v) is 13.1. The zero-order valence-electron chi connectivity index (χ0n) is 12.3. The average Bonchev–Trinajstić information content (AvgIpc) is 3.20. The van der Waals surface area contributed by atoms with Crippen molar-refractivity contribution in [3.8, 4) is 5.75 Å². The van der Waals surface area contributed by atoms with Crippen molar-refractivity contribution in [3.05, 3.63) is 59.7 Å². The molecule has 0 fully saturated rings. The Morgan fingerprint density at radius 2 is 2.04 bits per heavy atom. The number of carbonyl (C=O) groups excluding carboxylic acids is 1. The number of hydrogen-bond acceptors (Lipinski definition) is 4. The fourth-order valence-corrected chi connectivity index (χ4v) is 3.32. The Morgan fingerprint density at radius 3 is 2.91 bits per heavy atom. The number of thiophene rings is 1. The minimum atomic E-state index is -0.280. The Kier molecular flexibility index (Phi) is 3.28. The van der Waals surface area contributed by atoms with E-state index in [2.05, 4.69) is 5.32 Å². The number of amides is 1. The summed E-state index contributed by atoms with van der Waals surface area (Å²) in [4.78, 5) is 12.4. The number of rotatable bonds is 3. The van der Waals surface area contributed by atoms with Crippen LogP contribution in [0.2, 0.25) is 0 Å². The van der Waals surface area contributed by atoms with Crippen LogP contribution in [0, 0.1) is 0 Å². The highest BCUT2D eigenvalue weighted by Crippen LogP contribution is 2.29. The smallest absolute Gasteiger partial charge is 0.291 e. The molecule has 0 atom stereocenters. The first-order valence-electron chi connectivity index (χ1n) is 7.10. The second-order valence-electron chi connectivity index (χ2n) is 5.12. The molecule has 0 aliphatic rings. The molecule has 2 aromatic heterocycles. The lowest BCUT2D eigenvalue weighted by Crippen LogP contribution is -2.10. The van der Waals surface area contributed by atoms with Crippen molar-refractivity contribution in [2.24, 2.45) is 0 Å². The highest BCUT2D eigenvalue weighted by molar-refractivity contribution is 7.17. The van der Waals surface area contributed by atoms with E-state index in [-0.39, 0.29) is 11.7 Å². The van der Waals surface area contributed by atoms with E-state index in [0.29, 0.717) is 11.3 Å². The Balaban J connectivity index is 1.65. The van der Waals surface area contributed by atoms with Crippen molar-refractivity contribution in [1.82, 2.24) is 0 Å². The topological polar surface area (TPSA) is 51.5 Å². The van der Waals surface area contributed by atoms with Crippen LogP contribution in [0.3, 0.4) is 0 Å². The van der Waals surface area contributed by atoms with Crippen molar-refractivity contribution >= 4 is 44.0 Å². The van der Waals surface area contributed by atoms with Crippen LogP contribution in [0.25, 0.3) is 21.1 Å². The predicted molar refractivity (Wildman–Crippen MR) is 92.5 cm³/mol. The van der Waals surface area contributed by atoms with Gasteiger partial charge in [0.15, 0.2) is 17.1 Å². The van der Waals surface area contributed by atoms with Crippen LogP contribution < -0.4 is 10.1 Å². The van der Waals surface area contributed by atoms with Crippen molar-refractivity contribution in [2.45, 2.75) is 0 Å². The van der Waals surface area contributed by atoms with Crippen molar-refractivity contribution in [3.63, 3.8) is 0 Å². The summed E-state index contributed by atoms with van der Waals surface area (Å²) < 4.78 is 12.1. The van der Waals surface area contributed by atoms with Crippen LogP contribution in [0.1, 0.15) is 10.6 Å². The molecule has 1 amide bonds. The summed E-state index contributed by atoms with van der Waals surface area (Å²) in [6.07, 6.45) is 0. The van der Waals surface area contributed by atoms with Crippen LogP contribution in [0.15, 0.2) is 58.3 Å². The molecule has 0 saturated heterocycles. The maximum atomic E-state index is 12.4. The average molecular weight is 323 g/mol. The van der Waals surface area contributed by atoms with Crippen molar-refractivity contribution in [1.29, 1.82) is 0 Å². The van der Waals surface area contributed by atoms with Crippen molar-refractivity contribution < 1.29 is 13.9 Å². The van der Waals surface area contributed by atoms with Crippen LogP contribution in [0.4, 0.5) is 5.69 Å². The lowest BCUT2D eigenvalue weighted by molar-refractivity contribution is 0.0998. The SMILES string of the molecule is COc1cccc2cc(C(=O)Nc3ccc4sccc4c3)oc12. The van der Waals surface area contributed by atoms with Gasteiger partial charge in [0.05, 0.1) is 7.11 Å². The van der Waals surface area contributed by atoms with Gasteiger partial charge < -0.3 is 14.5 Å². The minimum absolute atomic E-state index is 0.259. The molecule has 4 rings (SSSR count). The van der Waals surface area contributed by atoms with Gasteiger partial charge in [0.25, 0.3) is 5.91 Å². The van der Waals surface area contributed by atoms with Crippen LogP contribution >= 0.6 is 11.3 Å². The summed E-state index contributed by atoms with van der Waals surface area (Å²) in [6, 6.07) is 15.1. The first-order chi connectivity index (χ1) is 11.2. The maximum Gasteiger partial charge on any atom is 0.291 e. The van der Waals surface area contributed by atoms with Gasteiger partial charge in [0.1, 0.15) is 0 Å². The summed E-state index contributed by atoms with van der Waals surface area (Å²) in [7, 11) is 1.58. The molecule has 4 nitrogen and oxygen atoms in total. The first-order valence-corrected chi connectivity index (χ1v) is 7.98. The molecule has 2 heterocycles. The Hall–Kier alpha value is -2.79. The van der Waals surface area contributed by atoms with Gasteiger partial charge in [-0.05, 0) is 47.2 Å². The van der Waals surface area contributed by atoms with Gasteiger partial charge in [-0.2, -0.15) is 0 Å². The third-order valence-corrected chi connectivity index (χ3v) is 4.56. The molecule has 4 aromatic rings. The summed E-state index contributed by atoms with van der Waals surface area (Å²) in [6.45, 7) is 0. The molecule has 0 radical (unpaired) electrons. The van der Waals surface area contributed by atoms with Crippen LogP contribution in [0.5, 0.6) is 5.75 Å². The number of methoxy groups -OCH3 is 1. The third kappa shape index (κ3) is 2.45. The minimum Gasteiger partial charge on any atom is -0.493 e. The number of hydrogen-bond donors (Lipinski definition) is 1. The fraction of sp³-hybridized carbons (Fsp3) is 0.0556. The van der Waals surface area contributed by atoms with E-state index >= 15 is 0 Å². The molecule has 0 bridgehead atoms. The second-order valence-corrected chi connectivity index (χ2v) is 6.06. The molecule has 1 N–H and O–H groups in total. The third-order valence-electron chi connectivity index (χ3n) is 3.66. The molecule has 114 valence electrons. The number of benzene rings is 2.